The van der Waals surface area contributed by atoms with Crippen molar-refractivity contribution in [3.8, 4) is 11.1 Å². The molecule has 0 saturated heterocycles. The summed E-state index contributed by atoms with van der Waals surface area (Å²) >= 11 is 3.99. The van der Waals surface area contributed by atoms with E-state index in [4.69, 9.17) is 0 Å². The Morgan fingerprint density at radius 3 is 1.45 bits per heavy atom. The van der Waals surface area contributed by atoms with E-state index in [0.29, 0.717) is 0 Å². The monoisotopic (exact) mass is 796 g/mol. The van der Waals surface area contributed by atoms with Gasteiger partial charge in [0.05, 0.1) is 0 Å². The minimum atomic E-state index is -2.89. The van der Waals surface area contributed by atoms with Crippen molar-refractivity contribution in [1.29, 1.82) is 0 Å². The molecule has 0 N–H and O–H groups in total. The quantitative estimate of drug-likeness (QED) is 0.127. The molecule has 2 aliphatic rings. The molecule has 0 fully saturated rings. The third-order valence-corrected chi connectivity index (χ3v) is 27.5. The number of rotatable bonds is 5. The van der Waals surface area contributed by atoms with Crippen molar-refractivity contribution >= 4 is 89.2 Å². The van der Waals surface area contributed by atoms with Gasteiger partial charge in [0.2, 0.25) is 0 Å². The van der Waals surface area contributed by atoms with Crippen LogP contribution in [0.3, 0.4) is 0 Å². The fourth-order valence-electron chi connectivity index (χ4n) is 9.42. The molecule has 0 aliphatic carbocycles. The molecule has 0 bridgehead atoms. The van der Waals surface area contributed by atoms with Gasteiger partial charge in [-0.25, -0.2) is 0 Å². The lowest BCUT2D eigenvalue weighted by Gasteiger charge is -2.41. The molecule has 7 aromatic carbocycles. The van der Waals surface area contributed by atoms with Crippen LogP contribution in [-0.4, -0.2) is 24.2 Å². The molecule has 0 spiro atoms. The molecule has 9 rings (SSSR count). The molecule has 0 radical (unpaired) electrons. The smallest absolute Gasteiger partial charge is 0.0904 e. The Balaban J connectivity index is 1.35. The number of fused-ring (bicyclic) bond motifs is 4. The average molecular weight is 797 g/mol. The van der Waals surface area contributed by atoms with E-state index in [1.165, 1.54) is 57.0 Å². The third-order valence-electron chi connectivity index (χ3n) is 12.3. The molecule has 2 heterocycles. The van der Waals surface area contributed by atoms with Crippen molar-refractivity contribution in [3.63, 3.8) is 0 Å². The zero-order valence-corrected chi connectivity index (χ0v) is 37.5. The lowest BCUT2D eigenvalue weighted by atomic mass is 9.82. The first-order chi connectivity index (χ1) is 26.4. The topological polar surface area (TPSA) is 0 Å². The van der Waals surface area contributed by atoms with E-state index in [2.05, 4.69) is 211 Å². The van der Waals surface area contributed by atoms with Gasteiger partial charge in [-0.3, -0.25) is 0 Å². The summed E-state index contributed by atoms with van der Waals surface area (Å²) in [4.78, 5) is 5.78. The molecule has 0 aromatic heterocycles. The second kappa shape index (κ2) is 13.5. The fourth-order valence-corrected chi connectivity index (χ4v) is 26.0. The van der Waals surface area contributed by atoms with E-state index in [9.17, 15) is 0 Å². The van der Waals surface area contributed by atoms with Gasteiger partial charge >= 0.3 is 0 Å². The Kier molecular flexibility index (Phi) is 8.98. The normalized spacial score (nSPS) is 15.3. The van der Waals surface area contributed by atoms with Crippen LogP contribution in [-0.2, 0) is 5.41 Å². The summed E-state index contributed by atoms with van der Waals surface area (Å²) in [6, 6.07) is 63.5. The van der Waals surface area contributed by atoms with Gasteiger partial charge in [0.1, 0.15) is 16.1 Å². The van der Waals surface area contributed by atoms with E-state index >= 15 is 0 Å². The van der Waals surface area contributed by atoms with Gasteiger partial charge < -0.3 is 0 Å². The summed E-state index contributed by atoms with van der Waals surface area (Å²) in [7, 11) is -6.78. The standard InChI is InChI=1S/C50H48S2Si3/c1-50(2,3)40-34-37(32-33-38(40)39-24-18-29-45-48(39)51-41-25-14-16-27-43(41)53(45,4)5)55(35-20-10-8-11-21-35,36-22-12-9-13-23-36)47-31-19-30-46-49(47)52-42-26-15-17-28-44(42)54(46,6)7/h8-34H,1-7H3. The van der Waals surface area contributed by atoms with Crippen LogP contribution < -0.4 is 41.5 Å². The van der Waals surface area contributed by atoms with Gasteiger partial charge in [-0.15, -0.1) is 0 Å². The van der Waals surface area contributed by atoms with E-state index < -0.39 is 24.2 Å². The largest absolute Gasteiger partial charge is 0.180 e. The number of hydrogen-bond acceptors (Lipinski definition) is 2. The highest BCUT2D eigenvalue weighted by Gasteiger charge is 2.47. The summed E-state index contributed by atoms with van der Waals surface area (Å²) in [6.45, 7) is 17.4. The molecule has 5 heteroatoms. The minimum Gasteiger partial charge on any atom is -0.0904 e. The Labute approximate surface area is 339 Å². The zero-order chi connectivity index (χ0) is 38.2. The molecule has 55 heavy (non-hydrogen) atoms. The highest BCUT2D eigenvalue weighted by Crippen LogP contribution is 2.42. The van der Waals surface area contributed by atoms with Gasteiger partial charge in [-0.1, -0.05) is 222 Å². The molecule has 0 unspecified atom stereocenters. The average Bonchev–Trinajstić information content (AvgIpc) is 3.19. The van der Waals surface area contributed by atoms with Crippen LogP contribution >= 0.6 is 23.5 Å². The zero-order valence-electron chi connectivity index (χ0n) is 32.9. The summed E-state index contributed by atoms with van der Waals surface area (Å²) in [5, 5.41) is 12.0. The fraction of sp³-hybridized carbons (Fsp3) is 0.160. The Bertz CT molecular complexity index is 2550. The van der Waals surface area contributed by atoms with Crippen LogP contribution in [0.4, 0.5) is 0 Å². The summed E-state index contributed by atoms with van der Waals surface area (Å²) in [5.74, 6) is 0. The molecular formula is C50H48S2Si3. The van der Waals surface area contributed by atoms with Crippen LogP contribution in [0.2, 0.25) is 26.2 Å². The van der Waals surface area contributed by atoms with E-state index in [0.717, 1.165) is 0 Å². The second-order valence-corrected chi connectivity index (χ2v) is 31.8. The summed E-state index contributed by atoms with van der Waals surface area (Å²) in [5.41, 5.74) is 4.06. The van der Waals surface area contributed by atoms with Gasteiger partial charge in [0, 0.05) is 19.6 Å². The predicted octanol–water partition coefficient (Wildman–Crippen LogP) is 8.60. The van der Waals surface area contributed by atoms with Crippen LogP contribution in [0.1, 0.15) is 26.3 Å². The maximum Gasteiger partial charge on any atom is 0.180 e. The van der Waals surface area contributed by atoms with Crippen LogP contribution in [0, 0.1) is 0 Å². The summed E-state index contributed by atoms with van der Waals surface area (Å²) in [6.07, 6.45) is 0. The Morgan fingerprint density at radius 2 is 0.891 bits per heavy atom. The Hall–Kier alpha value is -4.11. The maximum atomic E-state index is 2.65. The van der Waals surface area contributed by atoms with E-state index in [1.807, 2.05) is 23.5 Å². The molecule has 0 atom stereocenters. The summed E-state index contributed by atoms with van der Waals surface area (Å²) < 4.78 is 0. The van der Waals surface area contributed by atoms with Crippen LogP contribution in [0.15, 0.2) is 183 Å². The van der Waals surface area contributed by atoms with Gasteiger partial charge in [-0.2, -0.15) is 0 Å². The first-order valence-electron chi connectivity index (χ1n) is 19.5. The molecule has 0 nitrogen and oxygen atoms in total. The van der Waals surface area contributed by atoms with Gasteiger partial charge in [0.15, 0.2) is 8.07 Å². The highest BCUT2D eigenvalue weighted by molar-refractivity contribution is 8.00. The molecule has 2 aliphatic heterocycles. The number of hydrogen-bond donors (Lipinski definition) is 0. The van der Waals surface area contributed by atoms with Crippen LogP contribution in [0.5, 0.6) is 0 Å². The first-order valence-corrected chi connectivity index (χ1v) is 29.2. The van der Waals surface area contributed by atoms with Gasteiger partial charge in [-0.05, 0) is 75.7 Å². The highest BCUT2D eigenvalue weighted by atomic mass is 32.2. The maximum absolute atomic E-state index is 2.89. The molecular weight excluding hydrogens is 749 g/mol. The molecule has 0 amide bonds. The minimum absolute atomic E-state index is 0.0928. The van der Waals surface area contributed by atoms with Crippen LogP contribution in [0.25, 0.3) is 11.1 Å². The lowest BCUT2D eigenvalue weighted by Crippen LogP contribution is -2.76. The lowest BCUT2D eigenvalue weighted by molar-refractivity contribution is 0.592. The van der Waals surface area contributed by atoms with Crippen molar-refractivity contribution in [1.82, 2.24) is 0 Å². The molecule has 272 valence electrons. The van der Waals surface area contributed by atoms with Crippen molar-refractivity contribution < 1.29 is 0 Å². The van der Waals surface area contributed by atoms with E-state index in [-0.39, 0.29) is 5.41 Å². The SMILES string of the molecule is CC(C)(C)c1cc([Si](c2ccccc2)(c2ccccc2)c2cccc3c2Sc2ccccc2[Si]3(C)C)ccc1-c1cccc2c1Sc1ccccc1[Si]2(C)C. The van der Waals surface area contributed by atoms with Crippen molar-refractivity contribution in [2.24, 2.45) is 0 Å². The second-order valence-electron chi connectivity index (χ2n) is 17.3. The van der Waals surface area contributed by atoms with Crippen molar-refractivity contribution in [2.45, 2.75) is 72.0 Å². The first kappa shape index (κ1) is 36.5. The number of benzene rings is 7. The third kappa shape index (κ3) is 5.76. The predicted molar refractivity (Wildman–Crippen MR) is 249 cm³/mol. The Morgan fingerprint density at radius 1 is 0.418 bits per heavy atom. The molecule has 7 aromatic rings. The van der Waals surface area contributed by atoms with Crippen molar-refractivity contribution in [2.75, 3.05) is 0 Å². The van der Waals surface area contributed by atoms with E-state index in [1.54, 1.807) is 20.7 Å². The van der Waals surface area contributed by atoms with Crippen molar-refractivity contribution in [3.05, 3.63) is 169 Å². The van der Waals surface area contributed by atoms with Gasteiger partial charge in [0.25, 0.3) is 0 Å². The molecule has 0 saturated carbocycles.